The van der Waals surface area contributed by atoms with Crippen LogP contribution >= 0.6 is 11.3 Å². The van der Waals surface area contributed by atoms with Crippen molar-refractivity contribution < 1.29 is 23.1 Å². The Morgan fingerprint density at radius 2 is 1.96 bits per heavy atom. The summed E-state index contributed by atoms with van der Waals surface area (Å²) in [5.74, 6) is -3.00. The number of carbonyl (C=O) groups excluding carboxylic acids is 2. The Labute approximate surface area is 164 Å². The Morgan fingerprint density at radius 3 is 2.64 bits per heavy atom. The molecular formula is C20H16F2N2O3S. The topological polar surface area (TPSA) is 68.3 Å². The summed E-state index contributed by atoms with van der Waals surface area (Å²) in [6.07, 6.45) is -1.22. The highest BCUT2D eigenvalue weighted by Crippen LogP contribution is 2.24. The van der Waals surface area contributed by atoms with Crippen LogP contribution in [0.2, 0.25) is 0 Å². The van der Waals surface area contributed by atoms with Crippen LogP contribution in [0.15, 0.2) is 47.8 Å². The Kier molecular flexibility index (Phi) is 5.79. The number of aromatic nitrogens is 1. The molecule has 8 heteroatoms. The summed E-state index contributed by atoms with van der Waals surface area (Å²) in [5, 5.41) is 4.13. The van der Waals surface area contributed by atoms with Gasteiger partial charge in [-0.1, -0.05) is 6.07 Å². The number of benzene rings is 1. The van der Waals surface area contributed by atoms with Crippen LogP contribution in [0.1, 0.15) is 23.0 Å². The molecule has 0 aliphatic rings. The minimum Gasteiger partial charge on any atom is -0.449 e. The van der Waals surface area contributed by atoms with Gasteiger partial charge in [0, 0.05) is 6.07 Å². The van der Waals surface area contributed by atoms with Crippen LogP contribution in [0.5, 0.6) is 0 Å². The molecule has 3 aromatic rings. The first-order valence-corrected chi connectivity index (χ1v) is 9.21. The first-order valence-electron chi connectivity index (χ1n) is 8.33. The number of rotatable bonds is 5. The van der Waals surface area contributed by atoms with Crippen LogP contribution in [0, 0.1) is 18.6 Å². The molecule has 0 aliphatic heterocycles. The highest BCUT2D eigenvalue weighted by atomic mass is 32.1. The summed E-state index contributed by atoms with van der Waals surface area (Å²) in [5.41, 5.74) is 1.08. The maximum absolute atomic E-state index is 13.6. The van der Waals surface area contributed by atoms with Gasteiger partial charge in [-0.15, -0.1) is 11.3 Å². The molecule has 2 aromatic heterocycles. The molecule has 0 fully saturated rings. The predicted molar refractivity (Wildman–Crippen MR) is 102 cm³/mol. The number of amides is 1. The number of anilines is 1. The van der Waals surface area contributed by atoms with Crippen molar-refractivity contribution >= 4 is 28.9 Å². The molecule has 0 saturated carbocycles. The van der Waals surface area contributed by atoms with E-state index in [1.165, 1.54) is 18.3 Å². The number of halogens is 2. The quantitative estimate of drug-likeness (QED) is 0.635. The Balaban J connectivity index is 1.68. The minimum absolute atomic E-state index is 0.219. The fourth-order valence-corrected chi connectivity index (χ4v) is 3.14. The van der Waals surface area contributed by atoms with Crippen molar-refractivity contribution in [1.29, 1.82) is 0 Å². The maximum atomic E-state index is 13.6. The Bertz CT molecular complexity index is 1020. The summed E-state index contributed by atoms with van der Waals surface area (Å²) in [6.45, 7) is 3.01. The third-order valence-corrected chi connectivity index (χ3v) is 4.81. The fourth-order valence-electron chi connectivity index (χ4n) is 2.44. The molecule has 0 aliphatic carbocycles. The van der Waals surface area contributed by atoms with E-state index in [-0.39, 0.29) is 11.3 Å². The zero-order valence-corrected chi connectivity index (χ0v) is 15.8. The molecule has 5 nitrogen and oxygen atoms in total. The van der Waals surface area contributed by atoms with Gasteiger partial charge < -0.3 is 10.1 Å². The zero-order valence-electron chi connectivity index (χ0n) is 15.0. The molecular weight excluding hydrogens is 386 g/mol. The number of pyridine rings is 1. The molecule has 1 amide bonds. The molecule has 0 spiro atoms. The Morgan fingerprint density at radius 1 is 1.18 bits per heavy atom. The largest absolute Gasteiger partial charge is 0.449 e. The molecule has 28 heavy (non-hydrogen) atoms. The zero-order chi connectivity index (χ0) is 20.3. The van der Waals surface area contributed by atoms with Gasteiger partial charge in [0.2, 0.25) is 0 Å². The van der Waals surface area contributed by atoms with E-state index in [1.54, 1.807) is 19.1 Å². The second kappa shape index (κ2) is 8.26. The number of hydrogen-bond acceptors (Lipinski definition) is 5. The number of nitrogens with zero attached hydrogens (tertiary/aromatic N) is 1. The van der Waals surface area contributed by atoms with Crippen LogP contribution < -0.4 is 5.32 Å². The summed E-state index contributed by atoms with van der Waals surface area (Å²) < 4.78 is 32.0. The van der Waals surface area contributed by atoms with Crippen molar-refractivity contribution in [3.8, 4) is 10.6 Å². The van der Waals surface area contributed by atoms with E-state index in [1.807, 2.05) is 17.5 Å². The van der Waals surface area contributed by atoms with Gasteiger partial charge in [-0.2, -0.15) is 0 Å². The average molecular weight is 402 g/mol. The van der Waals surface area contributed by atoms with Gasteiger partial charge >= 0.3 is 5.97 Å². The normalized spacial score (nSPS) is 11.7. The number of nitrogens with one attached hydrogen (secondary N) is 1. The summed E-state index contributed by atoms with van der Waals surface area (Å²) in [6, 6.07) is 9.77. The van der Waals surface area contributed by atoms with E-state index < -0.39 is 29.6 Å². The number of carbonyl (C=O) groups is 2. The van der Waals surface area contributed by atoms with Crippen LogP contribution in [-0.4, -0.2) is 23.0 Å². The van der Waals surface area contributed by atoms with E-state index in [4.69, 9.17) is 4.74 Å². The van der Waals surface area contributed by atoms with Gasteiger partial charge in [-0.05, 0) is 49.6 Å². The molecule has 3 rings (SSSR count). The monoisotopic (exact) mass is 402 g/mol. The van der Waals surface area contributed by atoms with E-state index in [0.29, 0.717) is 5.69 Å². The lowest BCUT2D eigenvalue weighted by Gasteiger charge is -2.15. The fraction of sp³-hybridized carbons (Fsp3) is 0.150. The van der Waals surface area contributed by atoms with Crippen molar-refractivity contribution in [2.45, 2.75) is 20.0 Å². The lowest BCUT2D eigenvalue weighted by atomic mass is 10.1. The van der Waals surface area contributed by atoms with Crippen molar-refractivity contribution in [2.24, 2.45) is 0 Å². The molecule has 1 N–H and O–H groups in total. The Hall–Kier alpha value is -3.13. The first-order chi connectivity index (χ1) is 13.3. The number of esters is 1. The van der Waals surface area contributed by atoms with Crippen molar-refractivity contribution in [2.75, 3.05) is 5.32 Å². The predicted octanol–water partition coefficient (Wildman–Crippen LogP) is 4.58. The van der Waals surface area contributed by atoms with Crippen LogP contribution in [-0.2, 0) is 9.53 Å². The highest BCUT2D eigenvalue weighted by Gasteiger charge is 2.22. The highest BCUT2D eigenvalue weighted by molar-refractivity contribution is 7.13. The second-order valence-electron chi connectivity index (χ2n) is 5.97. The molecule has 2 heterocycles. The average Bonchev–Trinajstić information content (AvgIpc) is 3.19. The third kappa shape index (κ3) is 4.40. The molecule has 1 aromatic carbocycles. The number of ether oxygens (including phenoxy) is 1. The van der Waals surface area contributed by atoms with E-state index >= 15 is 0 Å². The summed E-state index contributed by atoms with van der Waals surface area (Å²) >= 11 is 1.53. The lowest BCUT2D eigenvalue weighted by Crippen LogP contribution is -2.30. The SMILES string of the molecule is Cc1nc(-c2cccs2)ccc1C(=O)OC(C)C(=O)Nc1cc(F)ccc1F. The van der Waals surface area contributed by atoms with E-state index in [2.05, 4.69) is 10.3 Å². The molecule has 144 valence electrons. The van der Waals surface area contributed by atoms with Crippen molar-refractivity contribution in [3.63, 3.8) is 0 Å². The molecule has 0 radical (unpaired) electrons. The molecule has 0 bridgehead atoms. The van der Waals surface area contributed by atoms with Crippen LogP contribution in [0.25, 0.3) is 10.6 Å². The number of thiophene rings is 1. The van der Waals surface area contributed by atoms with Crippen LogP contribution in [0.3, 0.4) is 0 Å². The van der Waals surface area contributed by atoms with E-state index in [0.717, 1.165) is 28.8 Å². The smallest absolute Gasteiger partial charge is 0.340 e. The summed E-state index contributed by atoms with van der Waals surface area (Å²) in [7, 11) is 0. The standard InChI is InChI=1S/C20H16F2N2O3S/c1-11-14(6-8-16(23-11)18-4-3-9-28-18)20(26)27-12(2)19(25)24-17-10-13(21)5-7-15(17)22/h3-10,12H,1-2H3,(H,24,25). The van der Waals surface area contributed by atoms with Gasteiger partial charge in [0.05, 0.1) is 27.5 Å². The molecule has 1 atom stereocenters. The van der Waals surface area contributed by atoms with Crippen molar-refractivity contribution in [3.05, 3.63) is 70.7 Å². The van der Waals surface area contributed by atoms with Gasteiger partial charge in [0.15, 0.2) is 6.10 Å². The second-order valence-corrected chi connectivity index (χ2v) is 6.92. The summed E-state index contributed by atoms with van der Waals surface area (Å²) in [4.78, 5) is 29.9. The van der Waals surface area contributed by atoms with Gasteiger partial charge in [0.1, 0.15) is 11.6 Å². The van der Waals surface area contributed by atoms with Crippen molar-refractivity contribution in [1.82, 2.24) is 4.98 Å². The first kappa shape index (κ1) is 19.6. The van der Waals surface area contributed by atoms with E-state index in [9.17, 15) is 18.4 Å². The molecule has 1 unspecified atom stereocenters. The number of aryl methyl sites for hydroxylation is 1. The molecule has 0 saturated heterocycles. The maximum Gasteiger partial charge on any atom is 0.340 e. The lowest BCUT2D eigenvalue weighted by molar-refractivity contribution is -0.123. The van der Waals surface area contributed by atoms with Gasteiger partial charge in [-0.3, -0.25) is 9.78 Å². The number of hydrogen-bond donors (Lipinski definition) is 1. The van der Waals surface area contributed by atoms with Gasteiger partial charge in [0.25, 0.3) is 5.91 Å². The van der Waals surface area contributed by atoms with Crippen LogP contribution in [0.4, 0.5) is 14.5 Å². The minimum atomic E-state index is -1.22. The third-order valence-electron chi connectivity index (χ3n) is 3.92. The van der Waals surface area contributed by atoms with Gasteiger partial charge in [-0.25, -0.2) is 13.6 Å².